The van der Waals surface area contributed by atoms with Crippen LogP contribution in [0.4, 0.5) is 5.69 Å². The van der Waals surface area contributed by atoms with Crippen LogP contribution in [0.1, 0.15) is 11.1 Å². The molecule has 1 unspecified atom stereocenters. The maximum absolute atomic E-state index is 14.4. The van der Waals surface area contributed by atoms with Crippen molar-refractivity contribution in [3.8, 4) is 5.75 Å². The number of likely N-dealkylation sites (N-methyl/N-ethyl adjacent to an activating group) is 1. The predicted molar refractivity (Wildman–Crippen MR) is 172 cm³/mol. The van der Waals surface area contributed by atoms with Crippen molar-refractivity contribution in [2.24, 2.45) is 0 Å². The van der Waals surface area contributed by atoms with Gasteiger partial charge in [0.1, 0.15) is 18.3 Å². The standard InChI is InChI=1S/C32H31BrClN3O5S/c1-35-32(39)29(19-23-10-5-3-6-11-23)36(21-24-12-9-13-25(33)18-24)31(38)22-37(28-20-26(34)16-17-30(28)42-2)43(40,41)27-14-7-4-8-15-27/h3-18,20,29H,19,21-22H2,1-2H3,(H,35,39). The number of amides is 2. The first kappa shape index (κ1) is 32.1. The SMILES string of the molecule is CNC(=O)C(Cc1ccccc1)N(Cc1cccc(Br)c1)C(=O)CN(c1cc(Cl)ccc1OC)S(=O)(=O)c1ccccc1. The lowest BCUT2D eigenvalue weighted by atomic mass is 10.0. The molecule has 0 aromatic heterocycles. The molecule has 4 rings (SSSR count). The molecule has 0 aliphatic heterocycles. The number of carbonyl (C=O) groups excluding carboxylic acids is 2. The fourth-order valence-electron chi connectivity index (χ4n) is 4.64. The van der Waals surface area contributed by atoms with Crippen molar-refractivity contribution >= 4 is 55.1 Å². The molecule has 4 aromatic carbocycles. The van der Waals surface area contributed by atoms with E-state index in [0.717, 1.165) is 19.9 Å². The van der Waals surface area contributed by atoms with Crippen LogP contribution < -0.4 is 14.4 Å². The third-order valence-electron chi connectivity index (χ3n) is 6.78. The van der Waals surface area contributed by atoms with Crippen LogP contribution in [0.5, 0.6) is 5.75 Å². The summed E-state index contributed by atoms with van der Waals surface area (Å²) in [6, 6.07) is 28.1. The van der Waals surface area contributed by atoms with Crippen molar-refractivity contribution in [3.63, 3.8) is 0 Å². The molecule has 0 saturated carbocycles. The van der Waals surface area contributed by atoms with Crippen molar-refractivity contribution in [1.82, 2.24) is 10.2 Å². The Bertz CT molecular complexity index is 1670. The van der Waals surface area contributed by atoms with Gasteiger partial charge in [-0.2, -0.15) is 0 Å². The van der Waals surface area contributed by atoms with Crippen LogP contribution in [0.2, 0.25) is 5.02 Å². The molecule has 11 heteroatoms. The molecule has 2 amide bonds. The largest absolute Gasteiger partial charge is 0.495 e. The highest BCUT2D eigenvalue weighted by atomic mass is 79.9. The molecular weight excluding hydrogens is 654 g/mol. The van der Waals surface area contributed by atoms with E-state index in [0.29, 0.717) is 0 Å². The minimum Gasteiger partial charge on any atom is -0.495 e. The number of hydrogen-bond donors (Lipinski definition) is 1. The zero-order chi connectivity index (χ0) is 31.0. The molecule has 0 spiro atoms. The summed E-state index contributed by atoms with van der Waals surface area (Å²) in [6.45, 7) is -0.570. The van der Waals surface area contributed by atoms with Crippen molar-refractivity contribution in [2.75, 3.05) is 25.0 Å². The second-order valence-electron chi connectivity index (χ2n) is 9.61. The molecule has 224 valence electrons. The zero-order valence-corrected chi connectivity index (χ0v) is 26.8. The zero-order valence-electron chi connectivity index (χ0n) is 23.6. The van der Waals surface area contributed by atoms with Crippen molar-refractivity contribution in [2.45, 2.75) is 23.9 Å². The highest BCUT2D eigenvalue weighted by molar-refractivity contribution is 9.10. The lowest BCUT2D eigenvalue weighted by molar-refractivity contribution is -0.139. The monoisotopic (exact) mass is 683 g/mol. The number of carbonyl (C=O) groups is 2. The van der Waals surface area contributed by atoms with Crippen LogP contribution in [-0.4, -0.2) is 51.9 Å². The van der Waals surface area contributed by atoms with Crippen LogP contribution in [-0.2, 0) is 32.6 Å². The number of nitrogens with zero attached hydrogens (tertiary/aromatic N) is 2. The number of sulfonamides is 1. The first-order chi connectivity index (χ1) is 20.6. The highest BCUT2D eigenvalue weighted by Crippen LogP contribution is 2.35. The van der Waals surface area contributed by atoms with Gasteiger partial charge in [0.05, 0.1) is 17.7 Å². The first-order valence-corrected chi connectivity index (χ1v) is 16.0. The number of halogens is 2. The molecule has 0 radical (unpaired) electrons. The predicted octanol–water partition coefficient (Wildman–Crippen LogP) is 5.69. The molecule has 0 heterocycles. The second kappa shape index (κ2) is 14.5. The molecule has 0 aliphatic rings. The molecule has 8 nitrogen and oxygen atoms in total. The summed E-state index contributed by atoms with van der Waals surface area (Å²) in [6.07, 6.45) is 0.214. The number of nitrogens with one attached hydrogen (secondary N) is 1. The summed E-state index contributed by atoms with van der Waals surface area (Å²) in [5.74, 6) is -0.765. The van der Waals surface area contributed by atoms with Crippen LogP contribution in [0.25, 0.3) is 0 Å². The Morgan fingerprint density at radius 3 is 2.19 bits per heavy atom. The smallest absolute Gasteiger partial charge is 0.264 e. The molecule has 0 bridgehead atoms. The Balaban J connectivity index is 1.83. The van der Waals surface area contributed by atoms with E-state index in [4.69, 9.17) is 16.3 Å². The first-order valence-electron chi connectivity index (χ1n) is 13.3. The third-order valence-corrected chi connectivity index (χ3v) is 9.28. The number of anilines is 1. The van der Waals surface area contributed by atoms with E-state index in [-0.39, 0.29) is 40.2 Å². The van der Waals surface area contributed by atoms with E-state index in [9.17, 15) is 18.0 Å². The third kappa shape index (κ3) is 7.95. The maximum atomic E-state index is 14.4. The summed E-state index contributed by atoms with van der Waals surface area (Å²) >= 11 is 9.78. The van der Waals surface area contributed by atoms with Crippen LogP contribution in [0.3, 0.4) is 0 Å². The summed E-state index contributed by atoms with van der Waals surface area (Å²) in [5, 5.41) is 2.93. The highest BCUT2D eigenvalue weighted by Gasteiger charge is 2.35. The van der Waals surface area contributed by atoms with E-state index >= 15 is 0 Å². The lowest BCUT2D eigenvalue weighted by Crippen LogP contribution is -2.53. The van der Waals surface area contributed by atoms with Gasteiger partial charge in [0, 0.05) is 29.5 Å². The molecule has 4 aromatic rings. The van der Waals surface area contributed by atoms with Crippen LogP contribution in [0.15, 0.2) is 112 Å². The molecule has 1 atom stereocenters. The number of methoxy groups -OCH3 is 1. The van der Waals surface area contributed by atoms with E-state index in [2.05, 4.69) is 21.2 Å². The van der Waals surface area contributed by atoms with Crippen molar-refractivity contribution < 1.29 is 22.7 Å². The van der Waals surface area contributed by atoms with Gasteiger partial charge in [-0.15, -0.1) is 0 Å². The van der Waals surface area contributed by atoms with Gasteiger partial charge in [0.2, 0.25) is 11.8 Å². The van der Waals surface area contributed by atoms with E-state index < -0.39 is 28.5 Å². The molecule has 1 N–H and O–H groups in total. The van der Waals surface area contributed by atoms with Gasteiger partial charge in [0.25, 0.3) is 10.0 Å². The van der Waals surface area contributed by atoms with Crippen LogP contribution in [0, 0.1) is 0 Å². The summed E-state index contributed by atoms with van der Waals surface area (Å²) in [4.78, 5) is 29.1. The van der Waals surface area contributed by atoms with Gasteiger partial charge < -0.3 is 15.0 Å². The van der Waals surface area contributed by atoms with E-state index in [1.807, 2.05) is 54.6 Å². The van der Waals surface area contributed by atoms with Crippen molar-refractivity contribution in [1.29, 1.82) is 0 Å². The number of benzene rings is 4. The Kier molecular flexibility index (Phi) is 10.8. The molecule has 0 saturated heterocycles. The number of rotatable bonds is 12. The fourth-order valence-corrected chi connectivity index (χ4v) is 6.69. The molecule has 0 aliphatic carbocycles. The average Bonchev–Trinajstić information content (AvgIpc) is 3.02. The van der Waals surface area contributed by atoms with Crippen molar-refractivity contribution in [3.05, 3.63) is 124 Å². The van der Waals surface area contributed by atoms with E-state index in [1.165, 1.54) is 43.3 Å². The van der Waals surface area contributed by atoms with E-state index in [1.54, 1.807) is 24.3 Å². The Morgan fingerprint density at radius 1 is 0.907 bits per heavy atom. The van der Waals surface area contributed by atoms with Gasteiger partial charge in [-0.1, -0.05) is 88.2 Å². The molecular formula is C32H31BrClN3O5S. The lowest BCUT2D eigenvalue weighted by Gasteiger charge is -2.34. The van der Waals surface area contributed by atoms with Gasteiger partial charge in [-0.3, -0.25) is 13.9 Å². The quantitative estimate of drug-likeness (QED) is 0.207. The summed E-state index contributed by atoms with van der Waals surface area (Å²) in [5.41, 5.74) is 1.69. The average molecular weight is 685 g/mol. The van der Waals surface area contributed by atoms with Gasteiger partial charge in [-0.05, 0) is 53.6 Å². The van der Waals surface area contributed by atoms with Gasteiger partial charge in [-0.25, -0.2) is 8.42 Å². The van der Waals surface area contributed by atoms with Gasteiger partial charge in [0.15, 0.2) is 0 Å². The number of hydrogen-bond acceptors (Lipinski definition) is 5. The normalized spacial score (nSPS) is 11.8. The second-order valence-corrected chi connectivity index (χ2v) is 12.8. The maximum Gasteiger partial charge on any atom is 0.264 e. The van der Waals surface area contributed by atoms with Gasteiger partial charge >= 0.3 is 0 Å². The topological polar surface area (TPSA) is 96.0 Å². The summed E-state index contributed by atoms with van der Waals surface area (Å²) < 4.78 is 35.5. The van der Waals surface area contributed by atoms with Crippen LogP contribution >= 0.6 is 27.5 Å². The Labute approximate surface area is 265 Å². The Morgan fingerprint density at radius 2 is 1.56 bits per heavy atom. The minimum absolute atomic E-state index is 0.0181. The minimum atomic E-state index is -4.28. The molecule has 43 heavy (non-hydrogen) atoms. The Hall–Kier alpha value is -3.86. The summed E-state index contributed by atoms with van der Waals surface area (Å²) in [7, 11) is -1.37. The molecule has 0 fully saturated rings. The number of ether oxygens (including phenoxy) is 1. The fraction of sp³-hybridized carbons (Fsp3) is 0.188.